The zero-order valence-electron chi connectivity index (χ0n) is 18.0. The smallest absolute Gasteiger partial charge is 0.290 e. The van der Waals surface area contributed by atoms with E-state index in [9.17, 15) is 0 Å². The summed E-state index contributed by atoms with van der Waals surface area (Å²) in [5.74, 6) is 0.963. The number of imidazole rings is 1. The molecule has 1 fully saturated rings. The van der Waals surface area contributed by atoms with Crippen LogP contribution in [0.2, 0.25) is 0 Å². The van der Waals surface area contributed by atoms with Crippen molar-refractivity contribution < 1.29 is 14.6 Å². The second-order valence-electron chi connectivity index (χ2n) is 7.82. The van der Waals surface area contributed by atoms with Crippen molar-refractivity contribution in [3.63, 3.8) is 0 Å². The first kappa shape index (κ1) is 21.5. The minimum atomic E-state index is -0.250. The topological polar surface area (TPSA) is 99.4 Å². The summed E-state index contributed by atoms with van der Waals surface area (Å²) >= 11 is 0. The number of nitrogens with zero attached hydrogens (tertiary/aromatic N) is 6. The second kappa shape index (κ2) is 9.16. The van der Waals surface area contributed by atoms with E-state index in [-0.39, 0.29) is 18.6 Å². The molecule has 0 bridgehead atoms. The number of hydrogen-bond donors (Lipinski definition) is 1. The van der Waals surface area contributed by atoms with Gasteiger partial charge in [0.15, 0.2) is 5.69 Å². The van der Waals surface area contributed by atoms with Crippen molar-refractivity contribution >= 4 is 34.1 Å². The van der Waals surface area contributed by atoms with Crippen molar-refractivity contribution in [3.8, 4) is 0 Å². The zero-order valence-corrected chi connectivity index (χ0v) is 18.0. The Morgan fingerprint density at radius 3 is 2.84 bits per heavy atom. The summed E-state index contributed by atoms with van der Waals surface area (Å²) in [6, 6.07) is 7.96. The summed E-state index contributed by atoms with van der Waals surface area (Å²) < 4.78 is 10.1. The fourth-order valence-electron chi connectivity index (χ4n) is 4.29. The molecule has 0 radical (unpaired) electrons. The summed E-state index contributed by atoms with van der Waals surface area (Å²) in [6.07, 6.45) is 5.90. The third-order valence-electron chi connectivity index (χ3n) is 5.60. The van der Waals surface area contributed by atoms with Gasteiger partial charge < -0.3 is 14.4 Å². The maximum atomic E-state index is 8.36. The van der Waals surface area contributed by atoms with E-state index in [1.165, 1.54) is 0 Å². The van der Waals surface area contributed by atoms with Crippen LogP contribution in [0.1, 0.15) is 37.3 Å². The highest BCUT2D eigenvalue weighted by atomic mass is 16.5. The molecule has 9 heteroatoms. The van der Waals surface area contributed by atoms with Gasteiger partial charge in [0.05, 0.1) is 42.1 Å². The number of carbonyl (C=O) groups is 1. The Kier molecular flexibility index (Phi) is 6.14. The van der Waals surface area contributed by atoms with Gasteiger partial charge in [0.25, 0.3) is 6.47 Å². The predicted molar refractivity (Wildman–Crippen MR) is 120 cm³/mol. The zero-order chi connectivity index (χ0) is 22.7. The minimum absolute atomic E-state index is 0.206. The van der Waals surface area contributed by atoms with Gasteiger partial charge in [-0.25, -0.2) is 9.83 Å². The van der Waals surface area contributed by atoms with Crippen molar-refractivity contribution in [1.29, 1.82) is 0 Å². The van der Waals surface area contributed by atoms with Crippen molar-refractivity contribution in [2.75, 3.05) is 6.61 Å². The van der Waals surface area contributed by atoms with Gasteiger partial charge >= 0.3 is 0 Å². The molecule has 9 nitrogen and oxygen atoms in total. The number of ether oxygens (including phenoxy) is 1. The van der Waals surface area contributed by atoms with E-state index in [2.05, 4.69) is 26.4 Å². The fraction of sp³-hybridized carbons (Fsp3) is 0.348. The number of aromatic nitrogens is 5. The number of benzene rings is 1. The maximum Gasteiger partial charge on any atom is 0.290 e. The van der Waals surface area contributed by atoms with Crippen LogP contribution in [-0.2, 0) is 16.1 Å². The van der Waals surface area contributed by atoms with Crippen LogP contribution < -0.4 is 0 Å². The first-order valence-electron chi connectivity index (χ1n) is 10.4. The molecule has 3 aromatic heterocycles. The number of aryl methyl sites for hydroxylation is 1. The fourth-order valence-corrected chi connectivity index (χ4v) is 4.29. The largest absolute Gasteiger partial charge is 0.483 e. The molecule has 0 aliphatic carbocycles. The van der Waals surface area contributed by atoms with E-state index in [0.717, 1.165) is 52.9 Å². The summed E-state index contributed by atoms with van der Waals surface area (Å²) in [6.45, 7) is 12.6. The molecule has 1 aliphatic rings. The molecule has 4 heterocycles. The van der Waals surface area contributed by atoms with Crippen LogP contribution in [0.3, 0.4) is 0 Å². The van der Waals surface area contributed by atoms with Crippen LogP contribution in [-0.4, -0.2) is 48.6 Å². The van der Waals surface area contributed by atoms with Crippen LogP contribution in [0.4, 0.5) is 5.69 Å². The average molecular weight is 432 g/mol. The highest BCUT2D eigenvalue weighted by Gasteiger charge is 2.26. The van der Waals surface area contributed by atoms with Crippen LogP contribution in [0.15, 0.2) is 36.7 Å². The first-order chi connectivity index (χ1) is 15.5. The minimum Gasteiger partial charge on any atom is -0.483 e. The third kappa shape index (κ3) is 4.18. The van der Waals surface area contributed by atoms with E-state index >= 15 is 0 Å². The lowest BCUT2D eigenvalue weighted by Crippen LogP contribution is -2.27. The molecule has 1 saturated heterocycles. The molecule has 164 valence electrons. The average Bonchev–Trinajstić information content (AvgIpc) is 3.37. The van der Waals surface area contributed by atoms with E-state index in [0.29, 0.717) is 12.2 Å². The van der Waals surface area contributed by atoms with Gasteiger partial charge in [0.2, 0.25) is 0 Å². The number of pyridine rings is 1. The molecule has 0 saturated carbocycles. The molecular weight excluding hydrogens is 408 g/mol. The lowest BCUT2D eigenvalue weighted by molar-refractivity contribution is -0.122. The van der Waals surface area contributed by atoms with E-state index in [1.54, 1.807) is 0 Å². The Bertz CT molecular complexity index is 1300. The number of fused-ring (bicyclic) bond motifs is 3. The first-order valence-corrected chi connectivity index (χ1v) is 10.4. The summed E-state index contributed by atoms with van der Waals surface area (Å²) in [5.41, 5.74) is 4.40. The molecule has 0 spiro atoms. The number of rotatable bonds is 3. The SMILES string of the molecule is O=CO.[C-]#[N+]c1ccc2ncc3nc(Cn4ccc(C)n4)n([C@@H]4CCO[C@H](C)C4)c3c2c1. The van der Waals surface area contributed by atoms with Gasteiger partial charge in [-0.1, -0.05) is 6.07 Å². The summed E-state index contributed by atoms with van der Waals surface area (Å²) in [5, 5.41) is 12.4. The van der Waals surface area contributed by atoms with Gasteiger partial charge in [-0.2, -0.15) is 5.10 Å². The van der Waals surface area contributed by atoms with Crippen LogP contribution in [0, 0.1) is 13.5 Å². The normalized spacial score (nSPS) is 18.2. The molecule has 0 unspecified atom stereocenters. The standard InChI is InChI=1S/C22H22N6O.CH2O2/c1-14-6-8-27(26-14)13-21-25-20-12-24-19-5-4-16(23-3)11-18(19)22(20)28(21)17-7-9-29-15(2)10-17;2-1-3/h4-6,8,11-12,15,17H,7,9-10,13H2,1-2H3;1H,(H,2,3)/t15-,17-;/m1./s1. The van der Waals surface area contributed by atoms with E-state index < -0.39 is 0 Å². The molecule has 1 N–H and O–H groups in total. The predicted octanol–water partition coefficient (Wildman–Crippen LogP) is 4.13. The highest BCUT2D eigenvalue weighted by Crippen LogP contribution is 2.34. The molecule has 32 heavy (non-hydrogen) atoms. The Balaban J connectivity index is 0.000000775. The monoisotopic (exact) mass is 432 g/mol. The maximum absolute atomic E-state index is 8.36. The Morgan fingerprint density at radius 2 is 2.16 bits per heavy atom. The summed E-state index contributed by atoms with van der Waals surface area (Å²) in [4.78, 5) is 21.5. The molecular formula is C23H24N6O3. The van der Waals surface area contributed by atoms with Crippen molar-refractivity contribution in [1.82, 2.24) is 24.3 Å². The van der Waals surface area contributed by atoms with Crippen molar-refractivity contribution in [2.45, 2.75) is 45.4 Å². The molecule has 5 rings (SSSR count). The molecule has 0 amide bonds. The number of carboxylic acid groups (broad SMARTS) is 1. The third-order valence-corrected chi connectivity index (χ3v) is 5.60. The Labute approximate surface area is 185 Å². The van der Waals surface area contributed by atoms with Gasteiger partial charge in [-0.3, -0.25) is 14.5 Å². The van der Waals surface area contributed by atoms with Crippen molar-refractivity contribution in [2.24, 2.45) is 0 Å². The van der Waals surface area contributed by atoms with Gasteiger partial charge in [0.1, 0.15) is 11.3 Å². The van der Waals surface area contributed by atoms with Gasteiger partial charge in [0, 0.05) is 24.2 Å². The van der Waals surface area contributed by atoms with E-state index in [1.807, 2.05) is 48.3 Å². The molecule has 4 aromatic rings. The van der Waals surface area contributed by atoms with Crippen LogP contribution in [0.5, 0.6) is 0 Å². The van der Waals surface area contributed by atoms with Crippen molar-refractivity contribution in [3.05, 3.63) is 59.6 Å². The van der Waals surface area contributed by atoms with Crippen LogP contribution in [0.25, 0.3) is 26.8 Å². The van der Waals surface area contributed by atoms with Gasteiger partial charge in [-0.15, -0.1) is 0 Å². The lowest BCUT2D eigenvalue weighted by Gasteiger charge is -2.30. The second-order valence-corrected chi connectivity index (χ2v) is 7.82. The quantitative estimate of drug-likeness (QED) is 0.386. The highest BCUT2D eigenvalue weighted by molar-refractivity contribution is 6.03. The molecule has 2 atom stereocenters. The van der Waals surface area contributed by atoms with E-state index in [4.69, 9.17) is 26.2 Å². The molecule has 1 aromatic carbocycles. The number of hydrogen-bond acceptors (Lipinski definition) is 5. The Hall–Kier alpha value is -3.77. The van der Waals surface area contributed by atoms with Gasteiger partial charge in [-0.05, 0) is 44.9 Å². The lowest BCUT2D eigenvalue weighted by atomic mass is 10.0. The summed E-state index contributed by atoms with van der Waals surface area (Å²) in [7, 11) is 0. The molecule has 1 aliphatic heterocycles. The Morgan fingerprint density at radius 1 is 1.34 bits per heavy atom. The van der Waals surface area contributed by atoms with Crippen LogP contribution >= 0.6 is 0 Å².